The van der Waals surface area contributed by atoms with Gasteiger partial charge in [0.15, 0.2) is 11.5 Å². The van der Waals surface area contributed by atoms with Gasteiger partial charge in [-0.15, -0.1) is 12.4 Å². The van der Waals surface area contributed by atoms with Crippen molar-refractivity contribution in [2.24, 2.45) is 10.8 Å². The molecule has 1 rings (SSSR count). The van der Waals surface area contributed by atoms with Crippen LogP contribution in [0.5, 0.6) is 11.5 Å². The van der Waals surface area contributed by atoms with Crippen molar-refractivity contribution in [3.05, 3.63) is 23.8 Å². The molecule has 0 atom stereocenters. The van der Waals surface area contributed by atoms with Gasteiger partial charge in [-0.1, -0.05) is 0 Å². The van der Waals surface area contributed by atoms with Crippen molar-refractivity contribution in [2.45, 2.75) is 0 Å². The van der Waals surface area contributed by atoms with Gasteiger partial charge in [-0.3, -0.25) is 5.41 Å². The smallest absolute Gasteiger partial charge is 0.206 e. The summed E-state index contributed by atoms with van der Waals surface area (Å²) in [7, 11) is 0. The normalized spacial score (nSPS) is 9.60. The molecular weight excluding hydrogens is 220 g/mol. The highest BCUT2D eigenvalue weighted by atomic mass is 35.5. The number of phenolic OH excluding ortho intramolecular Hbond substituents is 2. The van der Waals surface area contributed by atoms with E-state index in [1.54, 1.807) is 6.07 Å². The van der Waals surface area contributed by atoms with Gasteiger partial charge in [-0.05, 0) is 23.8 Å². The molecule has 82 valence electrons. The summed E-state index contributed by atoms with van der Waals surface area (Å²) in [4.78, 5) is 0. The van der Waals surface area contributed by atoms with Crippen LogP contribution >= 0.6 is 12.4 Å². The van der Waals surface area contributed by atoms with E-state index in [1.807, 2.05) is 0 Å². The molecule has 15 heavy (non-hydrogen) atoms. The SMILES string of the molecule is Cl.N=C(N)N/N=C/c1ccc(O)c(O)c1. The first kappa shape index (κ1) is 13.1. The molecule has 6 N–H and O–H groups in total. The van der Waals surface area contributed by atoms with Gasteiger partial charge in [-0.25, -0.2) is 5.43 Å². The second kappa shape index (κ2) is 5.71. The average Bonchev–Trinajstić information content (AvgIpc) is 2.10. The second-order valence-electron chi connectivity index (χ2n) is 2.53. The zero-order valence-electron chi connectivity index (χ0n) is 7.64. The number of hydrazone groups is 1. The van der Waals surface area contributed by atoms with Gasteiger partial charge >= 0.3 is 0 Å². The Bertz CT molecular complexity index is 381. The lowest BCUT2D eigenvalue weighted by Crippen LogP contribution is -2.25. The lowest BCUT2D eigenvalue weighted by molar-refractivity contribution is 0.403. The summed E-state index contributed by atoms with van der Waals surface area (Å²) in [6.45, 7) is 0. The number of nitrogens with one attached hydrogen (secondary N) is 2. The van der Waals surface area contributed by atoms with Gasteiger partial charge in [0.25, 0.3) is 0 Å². The largest absolute Gasteiger partial charge is 0.504 e. The number of nitrogens with two attached hydrogens (primary N) is 1. The number of rotatable bonds is 2. The summed E-state index contributed by atoms with van der Waals surface area (Å²) < 4.78 is 0. The fraction of sp³-hybridized carbons (Fsp3) is 0. The first-order chi connectivity index (χ1) is 6.59. The van der Waals surface area contributed by atoms with Crippen LogP contribution in [0.2, 0.25) is 0 Å². The van der Waals surface area contributed by atoms with Gasteiger partial charge in [0.1, 0.15) is 0 Å². The lowest BCUT2D eigenvalue weighted by atomic mass is 10.2. The molecule has 0 aliphatic carbocycles. The number of nitrogens with zero attached hydrogens (tertiary/aromatic N) is 1. The van der Waals surface area contributed by atoms with Gasteiger partial charge in [0.2, 0.25) is 5.96 Å². The van der Waals surface area contributed by atoms with Crippen molar-refractivity contribution >= 4 is 24.6 Å². The quantitative estimate of drug-likeness (QED) is 0.218. The number of guanidine groups is 1. The molecule has 1 aromatic carbocycles. The molecule has 0 unspecified atom stereocenters. The molecule has 0 aliphatic rings. The van der Waals surface area contributed by atoms with Crippen LogP contribution in [0.1, 0.15) is 5.56 Å². The van der Waals surface area contributed by atoms with Crippen LogP contribution in [0, 0.1) is 5.41 Å². The van der Waals surface area contributed by atoms with E-state index in [2.05, 4.69) is 10.5 Å². The summed E-state index contributed by atoms with van der Waals surface area (Å²) in [5.74, 6) is -0.692. The minimum Gasteiger partial charge on any atom is -0.504 e. The Labute approximate surface area is 92.3 Å². The van der Waals surface area contributed by atoms with E-state index >= 15 is 0 Å². The minimum absolute atomic E-state index is 0. The Morgan fingerprint density at radius 2 is 2.07 bits per heavy atom. The predicted molar refractivity (Wildman–Crippen MR) is 59.7 cm³/mol. The van der Waals surface area contributed by atoms with Crippen LogP contribution in [0.15, 0.2) is 23.3 Å². The second-order valence-corrected chi connectivity index (χ2v) is 2.53. The van der Waals surface area contributed by atoms with Crippen LogP contribution in [-0.4, -0.2) is 22.4 Å². The van der Waals surface area contributed by atoms with E-state index in [0.717, 1.165) is 0 Å². The maximum Gasteiger partial charge on any atom is 0.206 e. The Morgan fingerprint density at radius 1 is 1.40 bits per heavy atom. The molecule has 0 aliphatic heterocycles. The molecule has 0 spiro atoms. The summed E-state index contributed by atoms with van der Waals surface area (Å²) in [5, 5.41) is 28.5. The number of hydrogen-bond acceptors (Lipinski definition) is 4. The standard InChI is InChI=1S/C8H10N4O2.ClH/c9-8(10)12-11-4-5-1-2-6(13)7(14)3-5;/h1-4,13-14H,(H4,9,10,12);1H/b11-4+;. The third-order valence-corrected chi connectivity index (χ3v) is 1.40. The molecular formula is C8H11ClN4O2. The molecule has 0 saturated carbocycles. The van der Waals surface area contributed by atoms with Gasteiger partial charge in [0.05, 0.1) is 6.21 Å². The number of phenols is 2. The Morgan fingerprint density at radius 3 is 2.60 bits per heavy atom. The summed E-state index contributed by atoms with van der Waals surface area (Å²) in [5.41, 5.74) is 7.77. The van der Waals surface area contributed by atoms with Gasteiger partial charge in [0, 0.05) is 0 Å². The summed E-state index contributed by atoms with van der Waals surface area (Å²) >= 11 is 0. The molecule has 0 radical (unpaired) electrons. The first-order valence-electron chi connectivity index (χ1n) is 3.74. The van der Waals surface area contributed by atoms with Crippen molar-refractivity contribution in [3.63, 3.8) is 0 Å². The highest BCUT2D eigenvalue weighted by Gasteiger charge is 1.97. The van der Waals surface area contributed by atoms with Gasteiger partial charge < -0.3 is 15.9 Å². The monoisotopic (exact) mass is 230 g/mol. The highest BCUT2D eigenvalue weighted by molar-refractivity contribution is 5.85. The zero-order chi connectivity index (χ0) is 10.6. The van der Waals surface area contributed by atoms with Crippen molar-refractivity contribution in [1.82, 2.24) is 5.43 Å². The van der Waals surface area contributed by atoms with Crippen LogP contribution in [0.3, 0.4) is 0 Å². The van der Waals surface area contributed by atoms with Crippen LogP contribution in [0.25, 0.3) is 0 Å². The van der Waals surface area contributed by atoms with Crippen molar-refractivity contribution in [1.29, 1.82) is 5.41 Å². The number of hydrogen-bond donors (Lipinski definition) is 5. The molecule has 0 bridgehead atoms. The average molecular weight is 231 g/mol. The van der Waals surface area contributed by atoms with Crippen molar-refractivity contribution in [3.8, 4) is 11.5 Å². The van der Waals surface area contributed by atoms with Crippen LogP contribution in [-0.2, 0) is 0 Å². The Balaban J connectivity index is 0.00000196. The molecule has 6 nitrogen and oxygen atoms in total. The van der Waals surface area contributed by atoms with Gasteiger partial charge in [-0.2, -0.15) is 5.10 Å². The summed E-state index contributed by atoms with van der Waals surface area (Å²) in [6.07, 6.45) is 1.36. The number of benzene rings is 1. The molecule has 0 fully saturated rings. The van der Waals surface area contributed by atoms with E-state index in [4.69, 9.17) is 21.4 Å². The molecule has 7 heteroatoms. The maximum absolute atomic E-state index is 9.11. The Kier molecular flexibility index (Phi) is 4.97. The van der Waals surface area contributed by atoms with Crippen LogP contribution in [0.4, 0.5) is 0 Å². The van der Waals surface area contributed by atoms with Crippen LogP contribution < -0.4 is 11.2 Å². The first-order valence-corrected chi connectivity index (χ1v) is 3.74. The number of aromatic hydroxyl groups is 2. The predicted octanol–water partition coefficient (Wildman–Crippen LogP) is 0.337. The zero-order valence-corrected chi connectivity index (χ0v) is 8.45. The third kappa shape index (κ3) is 4.19. The molecule has 1 aromatic rings. The minimum atomic E-state index is -0.274. The van der Waals surface area contributed by atoms with E-state index in [-0.39, 0.29) is 29.9 Å². The lowest BCUT2D eigenvalue weighted by Gasteiger charge is -1.98. The third-order valence-electron chi connectivity index (χ3n) is 1.40. The van der Waals surface area contributed by atoms with Crippen molar-refractivity contribution in [2.75, 3.05) is 0 Å². The molecule has 0 heterocycles. The fourth-order valence-corrected chi connectivity index (χ4v) is 0.797. The summed E-state index contributed by atoms with van der Waals surface area (Å²) in [6, 6.07) is 4.23. The van der Waals surface area contributed by atoms with E-state index in [1.165, 1.54) is 18.3 Å². The number of halogens is 1. The highest BCUT2D eigenvalue weighted by Crippen LogP contribution is 2.23. The van der Waals surface area contributed by atoms with Crippen molar-refractivity contribution < 1.29 is 10.2 Å². The molecule has 0 amide bonds. The van der Waals surface area contributed by atoms with E-state index in [9.17, 15) is 0 Å². The van der Waals surface area contributed by atoms with E-state index < -0.39 is 0 Å². The molecule has 0 saturated heterocycles. The topological polar surface area (TPSA) is 115 Å². The Hall–Kier alpha value is -1.95. The fourth-order valence-electron chi connectivity index (χ4n) is 0.797. The van der Waals surface area contributed by atoms with E-state index in [0.29, 0.717) is 5.56 Å². The molecule has 0 aromatic heterocycles. The maximum atomic E-state index is 9.11.